The van der Waals surface area contributed by atoms with Crippen LogP contribution in [0.2, 0.25) is 0 Å². The van der Waals surface area contributed by atoms with Gasteiger partial charge in [-0.3, -0.25) is 14.5 Å². The zero-order valence-electron chi connectivity index (χ0n) is 18.8. The van der Waals surface area contributed by atoms with E-state index in [1.807, 2.05) is 55.5 Å². The zero-order chi connectivity index (χ0) is 22.6. The highest BCUT2D eigenvalue weighted by atomic mass is 16.5. The van der Waals surface area contributed by atoms with Crippen LogP contribution < -0.4 is 10.1 Å². The SMILES string of the molecule is CCOc1ccc2ccccc2c1C(=O)NCc1cc(-c2ccncc2)n(C2CCCC2)n1. The molecule has 0 aliphatic heterocycles. The highest BCUT2D eigenvalue weighted by Crippen LogP contribution is 2.34. The van der Waals surface area contributed by atoms with Crippen LogP contribution in [-0.4, -0.2) is 27.3 Å². The molecule has 2 aromatic carbocycles. The molecule has 0 bridgehead atoms. The second kappa shape index (κ2) is 9.45. The molecule has 6 heteroatoms. The number of pyridine rings is 1. The Kier molecular flexibility index (Phi) is 6.07. The smallest absolute Gasteiger partial charge is 0.256 e. The summed E-state index contributed by atoms with van der Waals surface area (Å²) in [6.45, 7) is 2.78. The fourth-order valence-electron chi connectivity index (χ4n) is 4.72. The Bertz CT molecular complexity index is 1260. The molecule has 0 spiro atoms. The molecule has 0 atom stereocenters. The summed E-state index contributed by atoms with van der Waals surface area (Å²) in [5, 5.41) is 9.88. The Morgan fingerprint density at radius 3 is 2.67 bits per heavy atom. The molecule has 0 radical (unpaired) electrons. The molecule has 168 valence electrons. The van der Waals surface area contributed by atoms with Crippen molar-refractivity contribution < 1.29 is 9.53 Å². The topological polar surface area (TPSA) is 69.0 Å². The summed E-state index contributed by atoms with van der Waals surface area (Å²) in [7, 11) is 0. The first kappa shape index (κ1) is 21.2. The van der Waals surface area contributed by atoms with E-state index < -0.39 is 0 Å². The van der Waals surface area contributed by atoms with E-state index in [2.05, 4.69) is 21.0 Å². The van der Waals surface area contributed by atoms with Crippen LogP contribution in [-0.2, 0) is 6.54 Å². The monoisotopic (exact) mass is 440 g/mol. The first-order chi connectivity index (χ1) is 16.2. The number of hydrogen-bond donors (Lipinski definition) is 1. The molecular weight excluding hydrogens is 412 g/mol. The molecule has 2 heterocycles. The maximum atomic E-state index is 13.3. The van der Waals surface area contributed by atoms with E-state index in [1.54, 1.807) is 12.4 Å². The predicted octanol–water partition coefficient (Wildman–Crippen LogP) is 5.54. The minimum absolute atomic E-state index is 0.156. The number of aromatic nitrogens is 3. The molecule has 1 fully saturated rings. The van der Waals surface area contributed by atoms with Crippen LogP contribution in [0, 0.1) is 0 Å². The van der Waals surface area contributed by atoms with Crippen molar-refractivity contribution in [2.75, 3.05) is 6.61 Å². The van der Waals surface area contributed by atoms with Gasteiger partial charge in [-0.05, 0) is 54.8 Å². The van der Waals surface area contributed by atoms with Crippen molar-refractivity contribution in [3.63, 3.8) is 0 Å². The third kappa shape index (κ3) is 4.33. The number of carbonyl (C=O) groups excluding carboxylic acids is 1. The Labute approximate surface area is 193 Å². The molecule has 5 rings (SSSR count). The fraction of sp³-hybridized carbons (Fsp3) is 0.296. The van der Waals surface area contributed by atoms with Crippen LogP contribution in [0.25, 0.3) is 22.0 Å². The van der Waals surface area contributed by atoms with E-state index in [9.17, 15) is 4.79 Å². The number of ether oxygens (including phenoxy) is 1. The third-order valence-corrected chi connectivity index (χ3v) is 6.28. The van der Waals surface area contributed by atoms with Crippen LogP contribution in [0.3, 0.4) is 0 Å². The predicted molar refractivity (Wildman–Crippen MR) is 129 cm³/mol. The summed E-state index contributed by atoms with van der Waals surface area (Å²) in [6.07, 6.45) is 8.34. The molecule has 33 heavy (non-hydrogen) atoms. The fourth-order valence-corrected chi connectivity index (χ4v) is 4.72. The van der Waals surface area contributed by atoms with E-state index in [4.69, 9.17) is 9.84 Å². The maximum Gasteiger partial charge on any atom is 0.256 e. The van der Waals surface area contributed by atoms with E-state index in [0.29, 0.717) is 30.5 Å². The summed E-state index contributed by atoms with van der Waals surface area (Å²) in [4.78, 5) is 17.5. The minimum atomic E-state index is -0.156. The van der Waals surface area contributed by atoms with Crippen molar-refractivity contribution in [2.24, 2.45) is 0 Å². The molecule has 0 unspecified atom stereocenters. The largest absolute Gasteiger partial charge is 0.493 e. The van der Waals surface area contributed by atoms with Gasteiger partial charge >= 0.3 is 0 Å². The highest BCUT2D eigenvalue weighted by molar-refractivity contribution is 6.09. The lowest BCUT2D eigenvalue weighted by molar-refractivity contribution is 0.0948. The summed E-state index contributed by atoms with van der Waals surface area (Å²) >= 11 is 0. The van der Waals surface area contributed by atoms with Gasteiger partial charge in [0.05, 0.1) is 36.1 Å². The van der Waals surface area contributed by atoms with Crippen molar-refractivity contribution in [3.05, 3.63) is 78.2 Å². The average Bonchev–Trinajstić information content (AvgIpc) is 3.53. The Hall–Kier alpha value is -3.67. The Balaban J connectivity index is 1.43. The molecule has 0 saturated heterocycles. The van der Waals surface area contributed by atoms with Crippen LogP contribution in [0.4, 0.5) is 0 Å². The number of fused-ring (bicyclic) bond motifs is 1. The van der Waals surface area contributed by atoms with Crippen LogP contribution >= 0.6 is 0 Å². The maximum absolute atomic E-state index is 13.3. The van der Waals surface area contributed by atoms with Gasteiger partial charge in [-0.2, -0.15) is 5.10 Å². The first-order valence-corrected chi connectivity index (χ1v) is 11.7. The lowest BCUT2D eigenvalue weighted by Gasteiger charge is -2.14. The van der Waals surface area contributed by atoms with Gasteiger partial charge in [0, 0.05) is 18.0 Å². The molecule has 1 amide bonds. The van der Waals surface area contributed by atoms with Crippen molar-refractivity contribution >= 4 is 16.7 Å². The first-order valence-electron chi connectivity index (χ1n) is 11.7. The van der Waals surface area contributed by atoms with Gasteiger partial charge in [0.2, 0.25) is 0 Å². The number of rotatable bonds is 7. The zero-order valence-corrected chi connectivity index (χ0v) is 18.8. The summed E-state index contributed by atoms with van der Waals surface area (Å²) in [5.41, 5.74) is 3.59. The number of nitrogens with one attached hydrogen (secondary N) is 1. The van der Waals surface area contributed by atoms with E-state index >= 15 is 0 Å². The van der Waals surface area contributed by atoms with Crippen molar-refractivity contribution in [3.8, 4) is 17.0 Å². The van der Waals surface area contributed by atoms with Gasteiger partial charge in [-0.1, -0.05) is 43.2 Å². The quantitative estimate of drug-likeness (QED) is 0.410. The van der Waals surface area contributed by atoms with E-state index in [-0.39, 0.29) is 5.91 Å². The molecule has 1 N–H and O–H groups in total. The van der Waals surface area contributed by atoms with Crippen LogP contribution in [0.5, 0.6) is 5.75 Å². The number of nitrogens with zero attached hydrogens (tertiary/aromatic N) is 3. The summed E-state index contributed by atoms with van der Waals surface area (Å²) < 4.78 is 7.93. The highest BCUT2D eigenvalue weighted by Gasteiger charge is 2.23. The molecule has 4 aromatic rings. The molecular formula is C27H28N4O2. The number of benzene rings is 2. The van der Waals surface area contributed by atoms with Gasteiger partial charge < -0.3 is 10.1 Å². The molecule has 1 aliphatic rings. The lowest BCUT2D eigenvalue weighted by atomic mass is 10.0. The standard InChI is InChI=1S/C27H28N4O2/c1-2-33-25-12-11-19-7-3-6-10-23(19)26(25)27(32)29-18-21-17-24(20-13-15-28-16-14-20)31(30-21)22-8-4-5-9-22/h3,6-7,10-17,22H,2,4-5,8-9,18H2,1H3,(H,29,32). The second-order valence-electron chi connectivity index (χ2n) is 8.42. The van der Waals surface area contributed by atoms with Crippen molar-refractivity contribution in [1.82, 2.24) is 20.1 Å². The lowest BCUT2D eigenvalue weighted by Crippen LogP contribution is -2.24. The molecule has 6 nitrogen and oxygen atoms in total. The van der Waals surface area contributed by atoms with Crippen LogP contribution in [0.1, 0.15) is 54.7 Å². The molecule has 1 aliphatic carbocycles. The van der Waals surface area contributed by atoms with Crippen molar-refractivity contribution in [2.45, 2.75) is 45.2 Å². The molecule has 2 aromatic heterocycles. The van der Waals surface area contributed by atoms with Gasteiger partial charge in [-0.25, -0.2) is 0 Å². The average molecular weight is 441 g/mol. The van der Waals surface area contributed by atoms with Gasteiger partial charge in [-0.15, -0.1) is 0 Å². The number of hydrogen-bond acceptors (Lipinski definition) is 4. The van der Waals surface area contributed by atoms with Crippen LogP contribution in [0.15, 0.2) is 67.0 Å². The van der Waals surface area contributed by atoms with Gasteiger partial charge in [0.25, 0.3) is 5.91 Å². The Morgan fingerprint density at radius 1 is 1.09 bits per heavy atom. The Morgan fingerprint density at radius 2 is 1.88 bits per heavy atom. The number of amides is 1. The van der Waals surface area contributed by atoms with E-state index in [1.165, 1.54) is 12.8 Å². The normalized spacial score (nSPS) is 14.0. The van der Waals surface area contributed by atoms with Gasteiger partial charge in [0.1, 0.15) is 5.75 Å². The van der Waals surface area contributed by atoms with Crippen molar-refractivity contribution in [1.29, 1.82) is 0 Å². The summed E-state index contributed by atoms with van der Waals surface area (Å²) in [5.74, 6) is 0.443. The van der Waals surface area contributed by atoms with E-state index in [0.717, 1.165) is 40.6 Å². The number of carbonyl (C=O) groups is 1. The second-order valence-corrected chi connectivity index (χ2v) is 8.42. The third-order valence-electron chi connectivity index (χ3n) is 6.28. The minimum Gasteiger partial charge on any atom is -0.493 e. The molecule has 1 saturated carbocycles. The summed E-state index contributed by atoms with van der Waals surface area (Å²) in [6, 6.07) is 18.2. The van der Waals surface area contributed by atoms with Gasteiger partial charge in [0.15, 0.2) is 0 Å².